The van der Waals surface area contributed by atoms with Crippen LogP contribution in [0.25, 0.3) is 0 Å². The van der Waals surface area contributed by atoms with Crippen molar-refractivity contribution in [3.63, 3.8) is 0 Å². The molecule has 0 heterocycles. The highest BCUT2D eigenvalue weighted by atomic mass is 32.2. The summed E-state index contributed by atoms with van der Waals surface area (Å²) in [7, 11) is 0.0661. The Hall–Kier alpha value is -6.61. The molecule has 6 rings (SSSR count). The summed E-state index contributed by atoms with van der Waals surface area (Å²) in [5, 5.41) is 0. The Balaban J connectivity index is 0.000000455. The Labute approximate surface area is 421 Å². The third-order valence-electron chi connectivity index (χ3n) is 11.3. The van der Waals surface area contributed by atoms with Crippen LogP contribution in [0.15, 0.2) is 127 Å². The fourth-order valence-corrected chi connectivity index (χ4v) is 8.70. The van der Waals surface area contributed by atoms with Gasteiger partial charge in [0.25, 0.3) is 0 Å². The maximum atomic E-state index is 14.2. The lowest BCUT2D eigenvalue weighted by Crippen LogP contribution is -2.75. The van der Waals surface area contributed by atoms with Crippen molar-refractivity contribution in [2.75, 3.05) is 18.3 Å². The Morgan fingerprint density at radius 2 is 0.558 bits per heavy atom. The lowest BCUT2D eigenvalue weighted by Gasteiger charge is -2.46. The van der Waals surface area contributed by atoms with E-state index in [9.17, 15) is 115 Å². The normalized spacial score (nSPS) is 13.3. The van der Waals surface area contributed by atoms with Crippen LogP contribution in [-0.4, -0.2) is 36.0 Å². The zero-order chi connectivity index (χ0) is 58.4. The Morgan fingerprint density at radius 1 is 0.325 bits per heavy atom. The SMILES string of the molecule is C[S+](C)CC(=O)c1cccc(C(=O)c2ccccc2)c1.FC(F)(F)c1cc([B-](c2cc(C(F)(F)F)cc(C(F)(F)F)c2)(c2cc(C(F)(F)F)cc(C(F)(F)F)c2)c2cc(C(F)(F)F)cc(C(F)(F)F)c2)cc(C(F)(F)F)c1. The highest BCUT2D eigenvalue weighted by Crippen LogP contribution is 2.41. The van der Waals surface area contributed by atoms with E-state index in [2.05, 4.69) is 0 Å². The van der Waals surface area contributed by atoms with Gasteiger partial charge in [-0.05, 0) is 41.2 Å². The largest absolute Gasteiger partial charge is 0.416 e. The van der Waals surface area contributed by atoms with Gasteiger partial charge in [-0.2, -0.15) is 127 Å². The summed E-state index contributed by atoms with van der Waals surface area (Å²) in [6, 6.07) is 7.30. The van der Waals surface area contributed by atoms with E-state index in [4.69, 9.17) is 0 Å². The van der Waals surface area contributed by atoms with Crippen molar-refractivity contribution in [1.82, 2.24) is 0 Å². The second-order valence-electron chi connectivity index (χ2n) is 17.1. The number of ketones is 2. The van der Waals surface area contributed by atoms with Crippen LogP contribution in [0.2, 0.25) is 0 Å². The lowest BCUT2D eigenvalue weighted by atomic mass is 9.12. The first-order chi connectivity index (χ1) is 34.8. The van der Waals surface area contributed by atoms with Gasteiger partial charge in [-0.25, -0.2) is 0 Å². The van der Waals surface area contributed by atoms with Crippen molar-refractivity contribution in [2.45, 2.75) is 49.4 Å². The molecule has 2 nitrogen and oxygen atoms in total. The summed E-state index contributed by atoms with van der Waals surface area (Å²) in [5.74, 6) is 0.580. The molecule has 0 spiro atoms. The number of carbonyl (C=O) groups is 2. The maximum absolute atomic E-state index is 14.2. The molecule has 0 aliphatic carbocycles. The van der Waals surface area contributed by atoms with Crippen LogP contribution in [0.4, 0.5) is 105 Å². The van der Waals surface area contributed by atoms with Crippen LogP contribution < -0.4 is 21.9 Å². The summed E-state index contributed by atoms with van der Waals surface area (Å²) < 4.78 is 341. The van der Waals surface area contributed by atoms with Crippen molar-refractivity contribution in [2.24, 2.45) is 0 Å². The fraction of sp³-hybridized carbons (Fsp3) is 0.224. The average molecular weight is 1150 g/mol. The van der Waals surface area contributed by atoms with Crippen molar-refractivity contribution in [3.8, 4) is 0 Å². The molecule has 77 heavy (non-hydrogen) atoms. The number of Topliss-reactive ketones (excluding diaryl/α,β-unsaturated/α-hetero) is 1. The molecule has 6 aromatic rings. The van der Waals surface area contributed by atoms with Crippen molar-refractivity contribution in [1.29, 1.82) is 0 Å². The summed E-state index contributed by atoms with van der Waals surface area (Å²) in [6.07, 6.45) is -50.7. The van der Waals surface area contributed by atoms with Gasteiger partial charge in [0.1, 0.15) is 6.15 Å². The predicted molar refractivity (Wildman–Crippen MR) is 235 cm³/mol. The second-order valence-corrected chi connectivity index (χ2v) is 19.3. The molecule has 0 radical (unpaired) electrons. The molecule has 0 unspecified atom stereocenters. The zero-order valence-electron chi connectivity index (χ0n) is 38.2. The van der Waals surface area contributed by atoms with Crippen molar-refractivity contribution < 1.29 is 115 Å². The molecule has 0 aromatic heterocycles. The van der Waals surface area contributed by atoms with Crippen LogP contribution in [0.5, 0.6) is 0 Å². The first kappa shape index (κ1) is 61.3. The summed E-state index contributed by atoms with van der Waals surface area (Å²) >= 11 is 0. The van der Waals surface area contributed by atoms with E-state index >= 15 is 0 Å². The van der Waals surface area contributed by atoms with Gasteiger partial charge < -0.3 is 0 Å². The molecular weight excluding hydrogens is 1120 g/mol. The molecule has 0 bridgehead atoms. The highest BCUT2D eigenvalue weighted by molar-refractivity contribution is 7.96. The maximum Gasteiger partial charge on any atom is 0.416 e. The molecule has 0 aliphatic rings. The number of rotatable bonds is 9. The minimum atomic E-state index is -6.13. The minimum Gasteiger partial charge on any atom is -0.289 e. The quantitative estimate of drug-likeness (QED) is 0.0626. The van der Waals surface area contributed by atoms with Gasteiger partial charge in [0.2, 0.25) is 5.78 Å². The van der Waals surface area contributed by atoms with E-state index in [1.165, 1.54) is 0 Å². The molecule has 6 aromatic carbocycles. The first-order valence-corrected chi connectivity index (χ1v) is 23.2. The molecule has 0 saturated carbocycles. The monoisotopic (exact) mass is 1150 g/mol. The molecule has 28 heteroatoms. The van der Waals surface area contributed by atoms with Crippen molar-refractivity contribution in [3.05, 3.63) is 189 Å². The first-order valence-electron chi connectivity index (χ1n) is 21.0. The Bertz CT molecular complexity index is 2690. The van der Waals surface area contributed by atoms with E-state index < -0.39 is 195 Å². The fourth-order valence-electron chi connectivity index (χ4n) is 8.01. The van der Waals surface area contributed by atoms with Crippen molar-refractivity contribution >= 4 is 50.5 Å². The molecule has 0 fully saturated rings. The molecule has 414 valence electrons. The third-order valence-corrected chi connectivity index (χ3v) is 12.2. The van der Waals surface area contributed by atoms with E-state index in [1.807, 2.05) is 30.7 Å². The van der Waals surface area contributed by atoms with Crippen LogP contribution in [0.1, 0.15) is 70.8 Å². The van der Waals surface area contributed by atoms with Gasteiger partial charge >= 0.3 is 49.4 Å². The van der Waals surface area contributed by atoms with Gasteiger partial charge in [0, 0.05) is 16.7 Å². The van der Waals surface area contributed by atoms with E-state index in [1.54, 1.807) is 36.4 Å². The summed E-state index contributed by atoms with van der Waals surface area (Å²) in [5.41, 5.74) is -28.4. The smallest absolute Gasteiger partial charge is 0.289 e. The second kappa shape index (κ2) is 21.3. The molecule has 0 saturated heterocycles. The topological polar surface area (TPSA) is 34.1 Å². The van der Waals surface area contributed by atoms with Gasteiger partial charge in [-0.15, -0.1) is 0 Å². The van der Waals surface area contributed by atoms with Gasteiger partial charge in [0.15, 0.2) is 11.5 Å². The summed E-state index contributed by atoms with van der Waals surface area (Å²) in [4.78, 5) is 24.4. The molecule has 0 aliphatic heterocycles. The third kappa shape index (κ3) is 14.5. The Kier molecular flexibility index (Phi) is 17.0. The van der Waals surface area contributed by atoms with E-state index in [-0.39, 0.29) is 22.5 Å². The standard InChI is InChI=1S/C32H12BF24.C17H17O2S/c34-25(35,36)13-1-14(26(37,38)39)6-21(5-13)33(22-7-15(27(40,41)42)2-16(8-22)28(43,44)45,23-9-17(29(46,47)48)3-18(10-23)30(49,50)51)24-11-19(31(52,53)54)4-20(12-24)32(55,56)57;1-20(2)12-16(18)14-9-6-10-15(11-14)17(19)13-7-4-3-5-8-13/h1-12H;3-11H,12H2,1-2H3/q-1;+1. The zero-order valence-corrected chi connectivity index (χ0v) is 39.0. The highest BCUT2D eigenvalue weighted by Gasteiger charge is 2.47. The van der Waals surface area contributed by atoms with Crippen LogP contribution in [0.3, 0.4) is 0 Å². The predicted octanol–water partition coefficient (Wildman–Crippen LogP) is 14.2. The van der Waals surface area contributed by atoms with Crippen LogP contribution in [-0.2, 0) is 60.3 Å². The van der Waals surface area contributed by atoms with Gasteiger partial charge in [-0.3, -0.25) is 9.59 Å². The van der Waals surface area contributed by atoms with Gasteiger partial charge in [0.05, 0.1) is 57.0 Å². The summed E-state index contributed by atoms with van der Waals surface area (Å²) in [6.45, 7) is 0. The number of carbonyl (C=O) groups excluding carboxylic acids is 2. The van der Waals surface area contributed by atoms with E-state index in [0.29, 0.717) is 22.4 Å². The van der Waals surface area contributed by atoms with E-state index in [0.717, 1.165) is 0 Å². The number of alkyl halides is 24. The molecule has 0 N–H and O–H groups in total. The number of halogens is 24. The molecule has 0 amide bonds. The molecular formula is C49H29BF24O2S. The average Bonchev–Trinajstić information content (AvgIpc) is 3.29. The minimum absolute atomic E-state index is 0.0488. The number of hydrogen-bond donors (Lipinski definition) is 0. The van der Waals surface area contributed by atoms with Gasteiger partial charge in [-0.1, -0.05) is 97.1 Å². The van der Waals surface area contributed by atoms with Crippen LogP contribution >= 0.6 is 0 Å². The number of benzene rings is 6. The Morgan fingerprint density at radius 3 is 0.792 bits per heavy atom. The van der Waals surface area contributed by atoms with Crippen LogP contribution in [0, 0.1) is 0 Å². The number of hydrogen-bond acceptors (Lipinski definition) is 2. The molecule has 0 atom stereocenters. The lowest BCUT2D eigenvalue weighted by molar-refractivity contribution is -0.144.